The van der Waals surface area contributed by atoms with Crippen molar-refractivity contribution in [3.05, 3.63) is 22.8 Å². The Bertz CT molecular complexity index is 521. The summed E-state index contributed by atoms with van der Waals surface area (Å²) < 4.78 is 0. The van der Waals surface area contributed by atoms with Gasteiger partial charge in [-0.25, -0.2) is 4.79 Å². The number of rotatable bonds is 1. The van der Waals surface area contributed by atoms with E-state index in [1.54, 1.807) is 0 Å². The predicted molar refractivity (Wildman–Crippen MR) is 52.5 cm³/mol. The molecule has 4 N–H and O–H groups in total. The first-order valence-electron chi connectivity index (χ1n) is 3.76. The highest BCUT2D eigenvalue weighted by Gasteiger charge is 2.11. The van der Waals surface area contributed by atoms with Gasteiger partial charge in [-0.2, -0.15) is 5.10 Å². The number of fused-ring (bicyclic) bond motifs is 1. The number of hydrogen-bond acceptors (Lipinski definition) is 3. The zero-order valence-electron chi connectivity index (χ0n) is 6.91. The van der Waals surface area contributed by atoms with Crippen LogP contribution in [0.2, 0.25) is 5.15 Å². The molecule has 1 aromatic carbocycles. The number of benzene rings is 1. The molecule has 0 aliphatic carbocycles. The van der Waals surface area contributed by atoms with Crippen LogP contribution in [0.15, 0.2) is 12.1 Å². The van der Waals surface area contributed by atoms with Crippen molar-refractivity contribution >= 4 is 34.2 Å². The van der Waals surface area contributed by atoms with Gasteiger partial charge in [0, 0.05) is 5.69 Å². The van der Waals surface area contributed by atoms with Gasteiger partial charge in [0.2, 0.25) is 0 Å². The van der Waals surface area contributed by atoms with E-state index in [1.165, 1.54) is 12.1 Å². The second-order valence-corrected chi connectivity index (χ2v) is 3.18. The summed E-state index contributed by atoms with van der Waals surface area (Å²) >= 11 is 5.76. The van der Waals surface area contributed by atoms with Crippen molar-refractivity contribution < 1.29 is 9.90 Å². The third kappa shape index (κ3) is 1.18. The Morgan fingerprint density at radius 1 is 1.57 bits per heavy atom. The number of anilines is 1. The predicted octanol–water partition coefficient (Wildman–Crippen LogP) is 1.50. The second kappa shape index (κ2) is 2.88. The Morgan fingerprint density at radius 3 is 2.93 bits per heavy atom. The Hall–Kier alpha value is -1.75. The van der Waals surface area contributed by atoms with Crippen molar-refractivity contribution in [2.45, 2.75) is 0 Å². The van der Waals surface area contributed by atoms with Gasteiger partial charge in [-0.15, -0.1) is 0 Å². The molecule has 1 heterocycles. The zero-order chi connectivity index (χ0) is 10.3. The molecule has 0 amide bonds. The number of nitrogens with two attached hydrogens (primary N) is 1. The summed E-state index contributed by atoms with van der Waals surface area (Å²) in [6, 6.07) is 2.77. The first-order valence-corrected chi connectivity index (χ1v) is 4.14. The molecule has 2 aromatic rings. The van der Waals surface area contributed by atoms with Gasteiger partial charge >= 0.3 is 5.97 Å². The number of aromatic nitrogens is 2. The molecule has 5 nitrogen and oxygen atoms in total. The van der Waals surface area contributed by atoms with Crippen LogP contribution in [-0.2, 0) is 0 Å². The number of carboxylic acids is 1. The molecule has 0 bridgehead atoms. The average Bonchev–Trinajstić information content (AvgIpc) is 2.48. The summed E-state index contributed by atoms with van der Waals surface area (Å²) in [6.07, 6.45) is 0. The number of halogens is 1. The number of nitrogen functional groups attached to an aromatic ring is 1. The smallest absolute Gasteiger partial charge is 0.335 e. The van der Waals surface area contributed by atoms with E-state index in [4.69, 9.17) is 22.4 Å². The Kier molecular flexibility index (Phi) is 1.82. The van der Waals surface area contributed by atoms with Gasteiger partial charge in [0.1, 0.15) is 5.15 Å². The quantitative estimate of drug-likeness (QED) is 0.624. The van der Waals surface area contributed by atoms with Crippen molar-refractivity contribution in [3.63, 3.8) is 0 Å². The topological polar surface area (TPSA) is 92.0 Å². The molecular formula is C8H6ClN3O2. The normalized spacial score (nSPS) is 10.6. The number of H-pyrrole nitrogens is 1. The fraction of sp³-hybridized carbons (Fsp3) is 0. The van der Waals surface area contributed by atoms with E-state index in [9.17, 15) is 4.79 Å². The molecule has 0 radical (unpaired) electrons. The number of aromatic amines is 1. The summed E-state index contributed by atoms with van der Waals surface area (Å²) in [5, 5.41) is 16.0. The molecule has 0 fully saturated rings. The van der Waals surface area contributed by atoms with Crippen LogP contribution in [0.1, 0.15) is 10.4 Å². The lowest BCUT2D eigenvalue weighted by Gasteiger charge is -1.98. The van der Waals surface area contributed by atoms with E-state index in [1.807, 2.05) is 0 Å². The number of nitrogens with one attached hydrogen (secondary N) is 1. The van der Waals surface area contributed by atoms with Crippen LogP contribution in [0.5, 0.6) is 0 Å². The maximum atomic E-state index is 10.7. The van der Waals surface area contributed by atoms with Gasteiger partial charge < -0.3 is 10.8 Å². The van der Waals surface area contributed by atoms with Crippen molar-refractivity contribution in [1.82, 2.24) is 10.2 Å². The summed E-state index contributed by atoms with van der Waals surface area (Å²) in [6.45, 7) is 0. The lowest BCUT2D eigenvalue weighted by Crippen LogP contribution is -1.98. The highest BCUT2D eigenvalue weighted by molar-refractivity contribution is 6.35. The maximum absolute atomic E-state index is 10.7. The second-order valence-electron chi connectivity index (χ2n) is 2.80. The number of nitrogens with zero attached hydrogens (tertiary/aromatic N) is 1. The average molecular weight is 212 g/mol. The van der Waals surface area contributed by atoms with E-state index < -0.39 is 5.97 Å². The van der Waals surface area contributed by atoms with Gasteiger partial charge in [0.25, 0.3) is 0 Å². The van der Waals surface area contributed by atoms with Crippen LogP contribution in [0.3, 0.4) is 0 Å². The molecule has 0 spiro atoms. The molecule has 0 saturated heterocycles. The number of carbonyl (C=O) groups is 1. The van der Waals surface area contributed by atoms with E-state index in [2.05, 4.69) is 10.2 Å². The minimum atomic E-state index is -1.04. The molecule has 0 atom stereocenters. The fourth-order valence-electron chi connectivity index (χ4n) is 1.26. The molecule has 14 heavy (non-hydrogen) atoms. The van der Waals surface area contributed by atoms with Crippen LogP contribution < -0.4 is 5.73 Å². The molecule has 0 saturated carbocycles. The third-order valence-electron chi connectivity index (χ3n) is 1.89. The minimum Gasteiger partial charge on any atom is -0.478 e. The summed E-state index contributed by atoms with van der Waals surface area (Å²) in [5.74, 6) is -1.04. The molecule has 6 heteroatoms. The first kappa shape index (κ1) is 8.83. The first-order chi connectivity index (χ1) is 6.59. The monoisotopic (exact) mass is 211 g/mol. The Morgan fingerprint density at radius 2 is 2.29 bits per heavy atom. The molecule has 2 rings (SSSR count). The summed E-state index contributed by atoms with van der Waals surface area (Å²) in [4.78, 5) is 10.7. The van der Waals surface area contributed by atoms with E-state index in [0.717, 1.165) is 0 Å². The molecule has 72 valence electrons. The van der Waals surface area contributed by atoms with E-state index in [0.29, 0.717) is 21.7 Å². The Balaban J connectivity index is 2.80. The number of aromatic carboxylic acids is 1. The van der Waals surface area contributed by atoms with Crippen LogP contribution in [0.25, 0.3) is 10.9 Å². The van der Waals surface area contributed by atoms with Gasteiger partial charge in [0.05, 0.1) is 16.5 Å². The van der Waals surface area contributed by atoms with Crippen LogP contribution in [0, 0.1) is 0 Å². The largest absolute Gasteiger partial charge is 0.478 e. The zero-order valence-corrected chi connectivity index (χ0v) is 7.67. The van der Waals surface area contributed by atoms with Crippen molar-refractivity contribution in [3.8, 4) is 0 Å². The van der Waals surface area contributed by atoms with Gasteiger partial charge in [0.15, 0.2) is 0 Å². The maximum Gasteiger partial charge on any atom is 0.335 e. The molecule has 0 aliphatic heterocycles. The van der Waals surface area contributed by atoms with Crippen molar-refractivity contribution in [2.75, 3.05) is 5.73 Å². The van der Waals surface area contributed by atoms with E-state index in [-0.39, 0.29) is 5.56 Å². The SMILES string of the molecule is Nc1cc(C(=O)O)cc2n[nH]c(Cl)c12. The molecule has 0 unspecified atom stereocenters. The Labute approximate surface area is 83.5 Å². The lowest BCUT2D eigenvalue weighted by atomic mass is 10.1. The lowest BCUT2D eigenvalue weighted by molar-refractivity contribution is 0.0697. The third-order valence-corrected chi connectivity index (χ3v) is 2.16. The van der Waals surface area contributed by atoms with Gasteiger partial charge in [-0.05, 0) is 12.1 Å². The highest BCUT2D eigenvalue weighted by atomic mass is 35.5. The highest BCUT2D eigenvalue weighted by Crippen LogP contribution is 2.27. The molecular weight excluding hydrogens is 206 g/mol. The molecule has 1 aromatic heterocycles. The number of hydrogen-bond donors (Lipinski definition) is 3. The van der Waals surface area contributed by atoms with Crippen molar-refractivity contribution in [2.24, 2.45) is 0 Å². The van der Waals surface area contributed by atoms with Gasteiger partial charge in [-0.1, -0.05) is 11.6 Å². The van der Waals surface area contributed by atoms with Crippen LogP contribution in [0.4, 0.5) is 5.69 Å². The van der Waals surface area contributed by atoms with Crippen LogP contribution >= 0.6 is 11.6 Å². The summed E-state index contributed by atoms with van der Waals surface area (Å²) in [5.41, 5.74) is 6.48. The molecule has 0 aliphatic rings. The van der Waals surface area contributed by atoms with Crippen LogP contribution in [-0.4, -0.2) is 21.3 Å². The van der Waals surface area contributed by atoms with Gasteiger partial charge in [-0.3, -0.25) is 5.10 Å². The van der Waals surface area contributed by atoms with Crippen molar-refractivity contribution in [1.29, 1.82) is 0 Å². The standard InChI is InChI=1S/C8H6ClN3O2/c9-7-6-4(10)1-3(8(13)14)2-5(6)11-12-7/h1-2H,10H2,(H,11,12)(H,13,14). The summed E-state index contributed by atoms with van der Waals surface area (Å²) in [7, 11) is 0. The number of carboxylic acid groups (broad SMARTS) is 1. The fourth-order valence-corrected chi connectivity index (χ4v) is 1.51. The minimum absolute atomic E-state index is 0.0955. The van der Waals surface area contributed by atoms with E-state index >= 15 is 0 Å².